The van der Waals surface area contributed by atoms with Gasteiger partial charge in [-0.05, 0) is 31.9 Å². The van der Waals surface area contributed by atoms with Crippen molar-refractivity contribution in [3.8, 4) is 23.3 Å². The number of esters is 1. The van der Waals surface area contributed by atoms with Gasteiger partial charge in [-0.3, -0.25) is 4.79 Å². The van der Waals surface area contributed by atoms with E-state index in [4.69, 9.17) is 18.9 Å². The van der Waals surface area contributed by atoms with Crippen molar-refractivity contribution in [2.45, 2.75) is 50.7 Å². The van der Waals surface area contributed by atoms with E-state index < -0.39 is 23.5 Å². The summed E-state index contributed by atoms with van der Waals surface area (Å²) in [5.41, 5.74) is -0.690. The van der Waals surface area contributed by atoms with Crippen molar-refractivity contribution in [2.75, 3.05) is 20.3 Å². The van der Waals surface area contributed by atoms with Gasteiger partial charge in [-0.2, -0.15) is 5.26 Å². The van der Waals surface area contributed by atoms with Crippen LogP contribution in [0, 0.1) is 11.3 Å². The molecule has 0 saturated heterocycles. The number of ether oxygens (including phenoxy) is 4. The van der Waals surface area contributed by atoms with Crippen LogP contribution in [-0.2, 0) is 9.53 Å². The number of nitrogens with zero attached hydrogens (tertiary/aromatic N) is 1. The van der Waals surface area contributed by atoms with E-state index >= 15 is 0 Å². The van der Waals surface area contributed by atoms with Gasteiger partial charge in [0.05, 0.1) is 18.7 Å². The molecular weight excluding hydrogens is 364 g/mol. The monoisotopic (exact) mass is 388 g/mol. The predicted molar refractivity (Wildman–Crippen MR) is 98.4 cm³/mol. The van der Waals surface area contributed by atoms with Gasteiger partial charge in [0, 0.05) is 0 Å². The first-order valence-corrected chi connectivity index (χ1v) is 9.40. The normalized spacial score (nSPS) is 18.3. The molecule has 0 bridgehead atoms. The second-order valence-corrected chi connectivity index (χ2v) is 6.99. The highest BCUT2D eigenvalue weighted by atomic mass is 16.6. The van der Waals surface area contributed by atoms with Crippen LogP contribution >= 0.6 is 0 Å². The molecule has 1 aromatic carbocycles. The number of fused-ring (bicyclic) bond motifs is 1. The van der Waals surface area contributed by atoms with E-state index in [9.17, 15) is 14.9 Å². The Morgan fingerprint density at radius 3 is 2.61 bits per heavy atom. The van der Waals surface area contributed by atoms with Crippen LogP contribution in [-0.4, -0.2) is 43.8 Å². The van der Waals surface area contributed by atoms with Gasteiger partial charge in [0.25, 0.3) is 5.91 Å². The van der Waals surface area contributed by atoms with Crippen LogP contribution in [0.15, 0.2) is 12.1 Å². The lowest BCUT2D eigenvalue weighted by Crippen LogP contribution is -2.52. The molecule has 2 aliphatic rings. The molecule has 1 atom stereocenters. The first-order chi connectivity index (χ1) is 13.5. The van der Waals surface area contributed by atoms with Crippen LogP contribution in [0.25, 0.3) is 0 Å². The molecular formula is C20H24N2O6. The Kier molecular flexibility index (Phi) is 5.93. The summed E-state index contributed by atoms with van der Waals surface area (Å²) >= 11 is 0. The number of benzene rings is 1. The smallest absolute Gasteiger partial charge is 0.339 e. The fourth-order valence-electron chi connectivity index (χ4n) is 3.43. The van der Waals surface area contributed by atoms with Crippen molar-refractivity contribution < 1.29 is 28.5 Å². The Morgan fingerprint density at radius 1 is 1.21 bits per heavy atom. The largest absolute Gasteiger partial charge is 0.493 e. The van der Waals surface area contributed by atoms with E-state index in [1.54, 1.807) is 0 Å². The number of carbonyl (C=O) groups is 2. The molecule has 1 amide bonds. The SMILES string of the molecule is COc1cc(C(=O)O[C@H](C)C(=O)NC2(C#N)CCCCC2)cc2c1OCCO2. The Balaban J connectivity index is 1.68. The third-order valence-electron chi connectivity index (χ3n) is 5.00. The summed E-state index contributed by atoms with van der Waals surface area (Å²) in [6.45, 7) is 2.24. The molecule has 1 saturated carbocycles. The van der Waals surface area contributed by atoms with E-state index in [2.05, 4.69) is 11.4 Å². The molecule has 3 rings (SSSR count). The number of hydrogen-bond acceptors (Lipinski definition) is 7. The minimum Gasteiger partial charge on any atom is -0.493 e. The van der Waals surface area contributed by atoms with Crippen molar-refractivity contribution in [1.82, 2.24) is 5.32 Å². The standard InChI is InChI=1S/C20H24N2O6/c1-13(18(23)22-20(12-21)6-4-3-5-7-20)28-19(24)14-10-15(25-2)17-16(11-14)26-8-9-27-17/h10-11,13H,3-9H2,1-2H3,(H,22,23)/t13-/m1/s1. The van der Waals surface area contributed by atoms with Crippen molar-refractivity contribution in [2.24, 2.45) is 0 Å². The van der Waals surface area contributed by atoms with Crippen LogP contribution in [0.2, 0.25) is 0 Å². The highest BCUT2D eigenvalue weighted by Crippen LogP contribution is 2.40. The molecule has 1 aliphatic carbocycles. The molecule has 1 heterocycles. The molecule has 0 unspecified atom stereocenters. The number of amides is 1. The van der Waals surface area contributed by atoms with Crippen molar-refractivity contribution in [3.05, 3.63) is 17.7 Å². The molecule has 1 aliphatic heterocycles. The molecule has 1 aromatic rings. The quantitative estimate of drug-likeness (QED) is 0.772. The Labute approximate surface area is 163 Å². The average molecular weight is 388 g/mol. The summed E-state index contributed by atoms with van der Waals surface area (Å²) in [6, 6.07) is 5.20. The Morgan fingerprint density at radius 2 is 1.93 bits per heavy atom. The minimum absolute atomic E-state index is 0.188. The van der Waals surface area contributed by atoms with Gasteiger partial charge in [0.1, 0.15) is 18.8 Å². The van der Waals surface area contributed by atoms with Gasteiger partial charge >= 0.3 is 5.97 Å². The highest BCUT2D eigenvalue weighted by Gasteiger charge is 2.35. The maximum atomic E-state index is 12.5. The summed E-state index contributed by atoms with van der Waals surface area (Å²) < 4.78 is 21.6. The third kappa shape index (κ3) is 4.14. The predicted octanol–water partition coefficient (Wildman–Crippen LogP) is 2.35. The number of methoxy groups -OCH3 is 1. The van der Waals surface area contributed by atoms with E-state index in [1.165, 1.54) is 26.2 Å². The summed E-state index contributed by atoms with van der Waals surface area (Å²) in [6.07, 6.45) is 3.00. The van der Waals surface area contributed by atoms with E-state index in [0.29, 0.717) is 43.3 Å². The second-order valence-electron chi connectivity index (χ2n) is 6.99. The lowest BCUT2D eigenvalue weighted by atomic mass is 9.83. The van der Waals surface area contributed by atoms with Crippen LogP contribution in [0.1, 0.15) is 49.4 Å². The maximum absolute atomic E-state index is 12.5. The van der Waals surface area contributed by atoms with Crippen molar-refractivity contribution >= 4 is 11.9 Å². The first-order valence-electron chi connectivity index (χ1n) is 9.40. The van der Waals surface area contributed by atoms with Gasteiger partial charge in [0.15, 0.2) is 17.6 Å². The summed E-state index contributed by atoms with van der Waals surface area (Å²) in [7, 11) is 1.46. The summed E-state index contributed by atoms with van der Waals surface area (Å²) in [5, 5.41) is 12.3. The molecule has 1 N–H and O–H groups in total. The zero-order valence-corrected chi connectivity index (χ0v) is 16.1. The topological polar surface area (TPSA) is 107 Å². The van der Waals surface area contributed by atoms with E-state index in [0.717, 1.165) is 19.3 Å². The molecule has 0 spiro atoms. The van der Waals surface area contributed by atoms with Gasteiger partial charge in [-0.1, -0.05) is 19.3 Å². The number of nitrogens with one attached hydrogen (secondary N) is 1. The Bertz CT molecular complexity index is 777. The zero-order chi connectivity index (χ0) is 20.1. The van der Waals surface area contributed by atoms with Crippen molar-refractivity contribution in [1.29, 1.82) is 5.26 Å². The fraction of sp³-hybridized carbons (Fsp3) is 0.550. The minimum atomic E-state index is -1.04. The molecule has 28 heavy (non-hydrogen) atoms. The lowest BCUT2D eigenvalue weighted by molar-refractivity contribution is -0.130. The summed E-state index contributed by atoms with van der Waals surface area (Å²) in [4.78, 5) is 25.0. The number of nitriles is 1. The van der Waals surface area contributed by atoms with Crippen molar-refractivity contribution in [3.63, 3.8) is 0 Å². The van der Waals surface area contributed by atoms with Gasteiger partial charge < -0.3 is 24.3 Å². The van der Waals surface area contributed by atoms with Gasteiger partial charge in [-0.25, -0.2) is 4.79 Å². The van der Waals surface area contributed by atoms with Crippen LogP contribution in [0.4, 0.5) is 0 Å². The first kappa shape index (κ1) is 19.8. The molecule has 0 radical (unpaired) electrons. The summed E-state index contributed by atoms with van der Waals surface area (Å²) in [5.74, 6) is 0.00502. The number of hydrogen-bond donors (Lipinski definition) is 1. The number of rotatable bonds is 5. The van der Waals surface area contributed by atoms with E-state index in [-0.39, 0.29) is 5.56 Å². The van der Waals surface area contributed by atoms with E-state index in [1.807, 2.05) is 0 Å². The fourth-order valence-corrected chi connectivity index (χ4v) is 3.43. The number of carbonyl (C=O) groups excluding carboxylic acids is 2. The molecule has 0 aromatic heterocycles. The Hall–Kier alpha value is -2.95. The van der Waals surface area contributed by atoms with Crippen LogP contribution < -0.4 is 19.5 Å². The van der Waals surface area contributed by atoms with Crippen LogP contribution in [0.5, 0.6) is 17.2 Å². The molecule has 150 valence electrons. The third-order valence-corrected chi connectivity index (χ3v) is 5.00. The molecule has 1 fully saturated rings. The average Bonchev–Trinajstić information content (AvgIpc) is 2.73. The highest BCUT2D eigenvalue weighted by molar-refractivity contribution is 5.93. The molecule has 8 nitrogen and oxygen atoms in total. The zero-order valence-electron chi connectivity index (χ0n) is 16.1. The molecule has 8 heteroatoms. The van der Waals surface area contributed by atoms with Gasteiger partial charge in [0.2, 0.25) is 5.75 Å². The maximum Gasteiger partial charge on any atom is 0.339 e. The second kappa shape index (κ2) is 8.38. The van der Waals surface area contributed by atoms with Gasteiger partial charge in [-0.15, -0.1) is 0 Å². The lowest BCUT2D eigenvalue weighted by Gasteiger charge is -2.32. The van der Waals surface area contributed by atoms with Crippen LogP contribution in [0.3, 0.4) is 0 Å².